The van der Waals surface area contributed by atoms with E-state index in [1.165, 1.54) is 0 Å². The maximum absolute atomic E-state index is 12.4. The number of hydrogen-bond acceptors (Lipinski definition) is 4. The molecule has 3 rings (SSSR count). The minimum absolute atomic E-state index is 0.238. The lowest BCUT2D eigenvalue weighted by Crippen LogP contribution is -2.08. The summed E-state index contributed by atoms with van der Waals surface area (Å²) in [5, 5.41) is 0.624. The van der Waals surface area contributed by atoms with E-state index >= 15 is 0 Å². The van der Waals surface area contributed by atoms with Gasteiger partial charge in [0, 0.05) is 12.4 Å². The number of ether oxygens (including phenoxy) is 2. The lowest BCUT2D eigenvalue weighted by molar-refractivity contribution is 0.0526. The summed E-state index contributed by atoms with van der Waals surface area (Å²) in [6, 6.07) is 13.4. The number of nitrogens with zero attached hydrogens (tertiary/aromatic N) is 1. The normalized spacial score (nSPS) is 10.7. The Morgan fingerprint density at radius 3 is 2.62 bits per heavy atom. The quantitative estimate of drug-likeness (QED) is 0.438. The molecule has 1 aromatic heterocycles. The van der Waals surface area contributed by atoms with Crippen molar-refractivity contribution in [2.45, 2.75) is 13.5 Å². The van der Waals surface area contributed by atoms with Gasteiger partial charge in [-0.2, -0.15) is 0 Å². The summed E-state index contributed by atoms with van der Waals surface area (Å²) in [6.45, 7) is 2.36. The fourth-order valence-electron chi connectivity index (χ4n) is 2.86. The van der Waals surface area contributed by atoms with Crippen molar-refractivity contribution >= 4 is 39.1 Å². The molecule has 2 aromatic carbocycles. The first-order valence-electron chi connectivity index (χ1n) is 8.17. The van der Waals surface area contributed by atoms with E-state index < -0.39 is 5.97 Å². The highest BCUT2D eigenvalue weighted by molar-refractivity contribution is 9.10. The van der Waals surface area contributed by atoms with Crippen LogP contribution in [0.5, 0.6) is 5.75 Å². The molecule has 0 spiro atoms. The van der Waals surface area contributed by atoms with Gasteiger partial charge < -0.3 is 14.0 Å². The van der Waals surface area contributed by atoms with Gasteiger partial charge in [-0.25, -0.2) is 4.79 Å². The number of halogens is 1. The number of carbonyl (C=O) groups excluding carboxylic acids is 2. The number of aromatic nitrogens is 1. The topological polar surface area (TPSA) is 57.5 Å². The van der Waals surface area contributed by atoms with Gasteiger partial charge in [-0.1, -0.05) is 30.3 Å². The highest BCUT2D eigenvalue weighted by Crippen LogP contribution is 2.35. The number of esters is 1. The standard InChI is InChI=1S/C20H18BrNO4/c1-3-25-20(24)19-14-9-18(26-12-13-7-5-4-6-8-13)15(21)10-16(14)22(2)17(19)11-23/h4-11H,3,12H2,1-2H3. The third-order valence-corrected chi connectivity index (χ3v) is 4.75. The molecule has 0 unspecified atom stereocenters. The summed E-state index contributed by atoms with van der Waals surface area (Å²) >= 11 is 3.51. The fourth-order valence-corrected chi connectivity index (χ4v) is 3.30. The molecule has 134 valence electrons. The zero-order valence-electron chi connectivity index (χ0n) is 14.5. The number of hydrogen-bond donors (Lipinski definition) is 0. The number of rotatable bonds is 6. The average Bonchev–Trinajstić information content (AvgIpc) is 2.92. The number of benzene rings is 2. The van der Waals surface area contributed by atoms with Crippen LogP contribution in [0.4, 0.5) is 0 Å². The van der Waals surface area contributed by atoms with Crippen LogP contribution in [0.1, 0.15) is 33.3 Å². The van der Waals surface area contributed by atoms with Crippen LogP contribution in [-0.4, -0.2) is 23.4 Å². The summed E-state index contributed by atoms with van der Waals surface area (Å²) in [5.41, 5.74) is 2.32. The second-order valence-electron chi connectivity index (χ2n) is 5.73. The van der Waals surface area contributed by atoms with Crippen molar-refractivity contribution in [3.63, 3.8) is 0 Å². The number of aryl methyl sites for hydroxylation is 1. The molecule has 0 amide bonds. The Balaban J connectivity index is 2.06. The largest absolute Gasteiger partial charge is 0.488 e. The van der Waals surface area contributed by atoms with Crippen molar-refractivity contribution < 1.29 is 19.1 Å². The van der Waals surface area contributed by atoms with Crippen molar-refractivity contribution in [2.24, 2.45) is 7.05 Å². The molecule has 1 heterocycles. The first kappa shape index (κ1) is 18.2. The predicted molar refractivity (Wildman–Crippen MR) is 103 cm³/mol. The first-order chi connectivity index (χ1) is 12.6. The molecular weight excluding hydrogens is 398 g/mol. The molecule has 0 N–H and O–H groups in total. The summed E-state index contributed by atoms with van der Waals surface area (Å²) in [5.74, 6) is 0.0754. The maximum atomic E-state index is 12.4. The van der Waals surface area contributed by atoms with Gasteiger partial charge in [-0.3, -0.25) is 4.79 Å². The molecule has 0 saturated heterocycles. The number of carbonyl (C=O) groups is 2. The summed E-state index contributed by atoms with van der Waals surface area (Å²) < 4.78 is 13.5. The molecule has 0 atom stereocenters. The van der Waals surface area contributed by atoms with Crippen LogP contribution in [0.2, 0.25) is 0 Å². The lowest BCUT2D eigenvalue weighted by Gasteiger charge is -2.09. The van der Waals surface area contributed by atoms with Gasteiger partial charge in [0.1, 0.15) is 12.4 Å². The Labute approximate surface area is 159 Å². The minimum atomic E-state index is -0.517. The zero-order chi connectivity index (χ0) is 18.7. The van der Waals surface area contributed by atoms with Crippen molar-refractivity contribution in [2.75, 3.05) is 6.61 Å². The fraction of sp³-hybridized carbons (Fsp3) is 0.200. The Bertz CT molecular complexity index is 963. The molecule has 0 saturated carbocycles. The van der Waals surface area contributed by atoms with E-state index in [1.54, 1.807) is 24.6 Å². The minimum Gasteiger partial charge on any atom is -0.488 e. The Kier molecular flexibility index (Phi) is 5.42. The average molecular weight is 416 g/mol. The first-order valence-corrected chi connectivity index (χ1v) is 8.97. The number of fused-ring (bicyclic) bond motifs is 1. The van der Waals surface area contributed by atoms with Gasteiger partial charge in [0.25, 0.3) is 0 Å². The van der Waals surface area contributed by atoms with Gasteiger partial charge in [0.2, 0.25) is 0 Å². The molecule has 0 bridgehead atoms. The van der Waals surface area contributed by atoms with Gasteiger partial charge in [-0.05, 0) is 40.5 Å². The Morgan fingerprint density at radius 2 is 1.96 bits per heavy atom. The molecule has 0 aliphatic carbocycles. The smallest absolute Gasteiger partial charge is 0.341 e. The molecule has 5 nitrogen and oxygen atoms in total. The van der Waals surface area contributed by atoms with E-state index in [9.17, 15) is 9.59 Å². The van der Waals surface area contributed by atoms with Gasteiger partial charge in [-0.15, -0.1) is 0 Å². The van der Waals surface area contributed by atoms with Crippen LogP contribution in [-0.2, 0) is 18.4 Å². The van der Waals surface area contributed by atoms with Gasteiger partial charge in [0.15, 0.2) is 6.29 Å². The van der Waals surface area contributed by atoms with Crippen LogP contribution in [0.25, 0.3) is 10.9 Å². The third-order valence-electron chi connectivity index (χ3n) is 4.13. The second-order valence-corrected chi connectivity index (χ2v) is 6.59. The molecule has 0 fully saturated rings. The van der Waals surface area contributed by atoms with E-state index in [0.717, 1.165) is 15.6 Å². The highest BCUT2D eigenvalue weighted by atomic mass is 79.9. The van der Waals surface area contributed by atoms with E-state index in [0.29, 0.717) is 24.0 Å². The molecule has 6 heteroatoms. The maximum Gasteiger partial charge on any atom is 0.341 e. The lowest BCUT2D eigenvalue weighted by atomic mass is 10.1. The highest BCUT2D eigenvalue weighted by Gasteiger charge is 2.23. The molecule has 0 aliphatic rings. The van der Waals surface area contributed by atoms with Gasteiger partial charge in [0.05, 0.1) is 27.9 Å². The molecular formula is C20H18BrNO4. The zero-order valence-corrected chi connectivity index (χ0v) is 16.1. The van der Waals surface area contributed by atoms with Crippen LogP contribution >= 0.6 is 15.9 Å². The van der Waals surface area contributed by atoms with Crippen LogP contribution in [0, 0.1) is 0 Å². The SMILES string of the molecule is CCOC(=O)c1c(C=O)n(C)c2cc(Br)c(OCc3ccccc3)cc12. The molecule has 3 aromatic rings. The van der Waals surface area contributed by atoms with E-state index in [2.05, 4.69) is 15.9 Å². The molecule has 0 radical (unpaired) electrons. The van der Waals surface area contributed by atoms with E-state index in [4.69, 9.17) is 9.47 Å². The number of aldehydes is 1. The summed E-state index contributed by atoms with van der Waals surface area (Å²) in [6.07, 6.45) is 0.671. The van der Waals surface area contributed by atoms with Crippen LogP contribution in [0.3, 0.4) is 0 Å². The Morgan fingerprint density at radius 1 is 1.23 bits per heavy atom. The van der Waals surface area contributed by atoms with Gasteiger partial charge >= 0.3 is 5.97 Å². The van der Waals surface area contributed by atoms with Crippen molar-refractivity contribution in [1.82, 2.24) is 4.57 Å². The van der Waals surface area contributed by atoms with E-state index in [1.807, 2.05) is 36.4 Å². The van der Waals surface area contributed by atoms with Crippen molar-refractivity contribution in [3.8, 4) is 5.75 Å². The second kappa shape index (κ2) is 7.74. The van der Waals surface area contributed by atoms with E-state index in [-0.39, 0.29) is 17.9 Å². The van der Waals surface area contributed by atoms with Crippen molar-refractivity contribution in [3.05, 3.63) is 63.8 Å². The molecule has 0 aliphatic heterocycles. The van der Waals surface area contributed by atoms with Crippen molar-refractivity contribution in [1.29, 1.82) is 0 Å². The molecule has 26 heavy (non-hydrogen) atoms. The predicted octanol–water partition coefficient (Wildman–Crippen LogP) is 4.51. The summed E-state index contributed by atoms with van der Waals surface area (Å²) in [4.78, 5) is 23.9. The summed E-state index contributed by atoms with van der Waals surface area (Å²) in [7, 11) is 1.74. The van der Waals surface area contributed by atoms with Crippen LogP contribution < -0.4 is 4.74 Å². The Hall–Kier alpha value is -2.60. The third kappa shape index (κ3) is 3.37. The van der Waals surface area contributed by atoms with Crippen LogP contribution in [0.15, 0.2) is 46.9 Å². The monoisotopic (exact) mass is 415 g/mol.